The first-order valence-corrected chi connectivity index (χ1v) is 8.71. The molecule has 0 saturated carbocycles. The van der Waals surface area contributed by atoms with Gasteiger partial charge in [-0.3, -0.25) is 4.68 Å². The zero-order valence-electron chi connectivity index (χ0n) is 14.9. The number of carbonyl (C=O) groups is 1. The number of hydrogen-bond donors (Lipinski definition) is 1. The molecule has 27 heavy (non-hydrogen) atoms. The van der Waals surface area contributed by atoms with E-state index >= 15 is 0 Å². The molecule has 2 aliphatic heterocycles. The lowest BCUT2D eigenvalue weighted by molar-refractivity contribution is 0.0868. The number of ether oxygens (including phenoxy) is 1. The summed E-state index contributed by atoms with van der Waals surface area (Å²) >= 11 is 0. The first-order chi connectivity index (χ1) is 13.1. The lowest BCUT2D eigenvalue weighted by Gasteiger charge is -2.30. The number of fused-ring (bicyclic) bond motifs is 1. The summed E-state index contributed by atoms with van der Waals surface area (Å²) in [5, 5.41) is 23.0. The Bertz CT molecular complexity index is 912. The van der Waals surface area contributed by atoms with Gasteiger partial charge in [0.2, 0.25) is 5.88 Å². The second-order valence-electron chi connectivity index (χ2n) is 6.67. The Kier molecular flexibility index (Phi) is 4.27. The molecule has 1 fully saturated rings. The van der Waals surface area contributed by atoms with Crippen LogP contribution in [0.3, 0.4) is 0 Å². The molecule has 0 aliphatic carbocycles. The first kappa shape index (κ1) is 17.1. The van der Waals surface area contributed by atoms with Gasteiger partial charge in [-0.25, -0.2) is 14.8 Å². The zero-order chi connectivity index (χ0) is 19.0. The molecule has 2 aromatic heterocycles. The van der Waals surface area contributed by atoms with E-state index in [1.165, 1.54) is 11.2 Å². The van der Waals surface area contributed by atoms with Gasteiger partial charge in [-0.2, -0.15) is 10.4 Å². The van der Waals surface area contributed by atoms with Crippen LogP contribution in [-0.4, -0.2) is 55.0 Å². The van der Waals surface area contributed by atoms with Crippen LogP contribution in [0.5, 0.6) is 5.88 Å². The third-order valence-corrected chi connectivity index (χ3v) is 5.04. The molecule has 4 heterocycles. The molecule has 0 radical (unpaired) electrons. The normalized spacial score (nSPS) is 16.9. The second kappa shape index (κ2) is 6.75. The Hall–Kier alpha value is -3.35. The topological polar surface area (TPSA) is 120 Å². The fourth-order valence-electron chi connectivity index (χ4n) is 3.55. The van der Waals surface area contributed by atoms with Crippen LogP contribution in [0.2, 0.25) is 0 Å². The van der Waals surface area contributed by atoms with Crippen molar-refractivity contribution in [2.45, 2.75) is 32.0 Å². The van der Waals surface area contributed by atoms with E-state index in [0.29, 0.717) is 50.4 Å². The maximum Gasteiger partial charge on any atom is 0.407 e. The van der Waals surface area contributed by atoms with E-state index in [4.69, 9.17) is 9.84 Å². The monoisotopic (exact) mass is 369 g/mol. The van der Waals surface area contributed by atoms with Crippen molar-refractivity contribution in [1.29, 1.82) is 5.26 Å². The standard InChI is InChI=1S/C17H19N7O3/c1-22-14-9-24(8-11(14)7-21-22)15-13(6-18)16(20-10-19-15)27-12-2-4-23(5-3-12)17(25)26/h7,10,12H,2-5,8-9H2,1H3,(H,25,26). The molecule has 1 N–H and O–H groups in total. The average molecular weight is 369 g/mol. The van der Waals surface area contributed by atoms with Gasteiger partial charge in [0.1, 0.15) is 18.5 Å². The molecule has 10 nitrogen and oxygen atoms in total. The van der Waals surface area contributed by atoms with Crippen LogP contribution in [0.4, 0.5) is 10.6 Å². The maximum atomic E-state index is 11.0. The Morgan fingerprint density at radius 3 is 2.78 bits per heavy atom. The number of nitriles is 1. The summed E-state index contributed by atoms with van der Waals surface area (Å²) in [6.45, 7) is 2.07. The van der Waals surface area contributed by atoms with Crippen molar-refractivity contribution < 1.29 is 14.6 Å². The fraction of sp³-hybridized carbons (Fsp3) is 0.471. The number of rotatable bonds is 3. The molecule has 2 aromatic rings. The lowest BCUT2D eigenvalue weighted by Crippen LogP contribution is -2.41. The molecule has 1 amide bonds. The molecule has 10 heteroatoms. The van der Waals surface area contributed by atoms with E-state index in [1.807, 2.05) is 22.8 Å². The fourth-order valence-corrected chi connectivity index (χ4v) is 3.55. The van der Waals surface area contributed by atoms with Gasteiger partial charge in [0, 0.05) is 45.1 Å². The van der Waals surface area contributed by atoms with Gasteiger partial charge >= 0.3 is 6.09 Å². The number of likely N-dealkylation sites (tertiary alicyclic amines) is 1. The van der Waals surface area contributed by atoms with Gasteiger partial charge in [-0.05, 0) is 0 Å². The predicted octanol–water partition coefficient (Wildman–Crippen LogP) is 1.12. The molecule has 0 unspecified atom stereocenters. The van der Waals surface area contributed by atoms with E-state index < -0.39 is 6.09 Å². The van der Waals surface area contributed by atoms with Crippen molar-refractivity contribution in [3.63, 3.8) is 0 Å². The average Bonchev–Trinajstić information content (AvgIpc) is 3.24. The summed E-state index contributed by atoms with van der Waals surface area (Å²) in [7, 11) is 1.89. The first-order valence-electron chi connectivity index (χ1n) is 8.71. The van der Waals surface area contributed by atoms with Gasteiger partial charge < -0.3 is 19.6 Å². The second-order valence-corrected chi connectivity index (χ2v) is 6.67. The molecular formula is C17H19N7O3. The Labute approximate surface area is 155 Å². The molecule has 0 spiro atoms. The van der Waals surface area contributed by atoms with Crippen LogP contribution < -0.4 is 9.64 Å². The number of anilines is 1. The third-order valence-electron chi connectivity index (χ3n) is 5.04. The van der Waals surface area contributed by atoms with E-state index in [0.717, 1.165) is 11.3 Å². The highest BCUT2D eigenvalue weighted by Gasteiger charge is 2.29. The minimum atomic E-state index is -0.918. The molecule has 0 bridgehead atoms. The van der Waals surface area contributed by atoms with E-state index in [9.17, 15) is 10.1 Å². The minimum Gasteiger partial charge on any atom is -0.473 e. The molecule has 2 aliphatic rings. The van der Waals surface area contributed by atoms with Crippen LogP contribution in [0, 0.1) is 11.3 Å². The number of carboxylic acid groups (broad SMARTS) is 1. The van der Waals surface area contributed by atoms with Crippen molar-refractivity contribution in [3.05, 3.63) is 29.3 Å². The van der Waals surface area contributed by atoms with Gasteiger partial charge in [-0.15, -0.1) is 0 Å². The molecule has 0 atom stereocenters. The van der Waals surface area contributed by atoms with Crippen LogP contribution in [0.1, 0.15) is 29.7 Å². The van der Waals surface area contributed by atoms with Gasteiger partial charge in [0.25, 0.3) is 0 Å². The molecular weight excluding hydrogens is 350 g/mol. The number of aryl methyl sites for hydroxylation is 1. The molecule has 140 valence electrons. The summed E-state index contributed by atoms with van der Waals surface area (Å²) in [6.07, 6.45) is 3.28. The van der Waals surface area contributed by atoms with Gasteiger partial charge in [0.15, 0.2) is 11.4 Å². The summed E-state index contributed by atoms with van der Waals surface area (Å²) in [6, 6.07) is 2.17. The number of aromatic nitrogens is 4. The molecule has 1 saturated heterocycles. The SMILES string of the molecule is Cn1ncc2c1CN(c1ncnc(OC3CCN(C(=O)O)CC3)c1C#N)C2. The summed E-state index contributed by atoms with van der Waals surface area (Å²) in [5.74, 6) is 0.798. The minimum absolute atomic E-state index is 0.171. The van der Waals surface area contributed by atoms with Crippen LogP contribution >= 0.6 is 0 Å². The Balaban J connectivity index is 1.51. The lowest BCUT2D eigenvalue weighted by atomic mass is 10.1. The summed E-state index contributed by atoms with van der Waals surface area (Å²) < 4.78 is 7.78. The third kappa shape index (κ3) is 3.12. The van der Waals surface area contributed by atoms with Crippen molar-refractivity contribution in [3.8, 4) is 11.9 Å². The quantitative estimate of drug-likeness (QED) is 0.854. The smallest absolute Gasteiger partial charge is 0.407 e. The van der Waals surface area contributed by atoms with E-state index in [1.54, 1.807) is 0 Å². The summed E-state index contributed by atoms with van der Waals surface area (Å²) in [5.41, 5.74) is 2.52. The Morgan fingerprint density at radius 1 is 1.33 bits per heavy atom. The van der Waals surface area contributed by atoms with Crippen LogP contribution in [0.15, 0.2) is 12.5 Å². The van der Waals surface area contributed by atoms with Crippen LogP contribution in [0.25, 0.3) is 0 Å². The van der Waals surface area contributed by atoms with Crippen LogP contribution in [-0.2, 0) is 20.1 Å². The Morgan fingerprint density at radius 2 is 2.11 bits per heavy atom. The van der Waals surface area contributed by atoms with Crippen molar-refractivity contribution in [2.75, 3.05) is 18.0 Å². The number of hydrogen-bond acceptors (Lipinski definition) is 7. The van der Waals surface area contributed by atoms with Gasteiger partial charge in [0.05, 0.1) is 18.4 Å². The van der Waals surface area contributed by atoms with Crippen molar-refractivity contribution >= 4 is 11.9 Å². The highest BCUT2D eigenvalue weighted by Crippen LogP contribution is 2.32. The molecule has 0 aromatic carbocycles. The van der Waals surface area contributed by atoms with E-state index in [-0.39, 0.29) is 12.0 Å². The summed E-state index contributed by atoms with van der Waals surface area (Å²) in [4.78, 5) is 22.9. The maximum absolute atomic E-state index is 11.0. The van der Waals surface area contributed by atoms with E-state index in [2.05, 4.69) is 21.1 Å². The zero-order valence-corrected chi connectivity index (χ0v) is 14.9. The predicted molar refractivity (Wildman–Crippen MR) is 93.1 cm³/mol. The number of amides is 1. The van der Waals surface area contributed by atoms with Crippen molar-refractivity contribution in [2.24, 2.45) is 7.05 Å². The van der Waals surface area contributed by atoms with Gasteiger partial charge in [-0.1, -0.05) is 0 Å². The highest BCUT2D eigenvalue weighted by molar-refractivity contribution is 5.65. The highest BCUT2D eigenvalue weighted by atomic mass is 16.5. The van der Waals surface area contributed by atoms with Crippen molar-refractivity contribution in [1.82, 2.24) is 24.6 Å². The largest absolute Gasteiger partial charge is 0.473 e. The molecule has 4 rings (SSSR count). The number of nitrogens with zero attached hydrogens (tertiary/aromatic N) is 7. The number of piperidine rings is 1.